The van der Waals surface area contributed by atoms with E-state index in [0.717, 1.165) is 31.4 Å². The van der Waals surface area contributed by atoms with Crippen LogP contribution in [0.2, 0.25) is 0 Å². The topological polar surface area (TPSA) is 52.8 Å². The van der Waals surface area contributed by atoms with Gasteiger partial charge in [-0.3, -0.25) is 9.89 Å². The third-order valence-electron chi connectivity index (χ3n) is 3.50. The Morgan fingerprint density at radius 2 is 2.24 bits per heavy atom. The monoisotopic (exact) mass is 402 g/mol. The van der Waals surface area contributed by atoms with Gasteiger partial charge in [-0.05, 0) is 38.1 Å². The highest BCUT2D eigenvalue weighted by atomic mass is 127. The highest BCUT2D eigenvalue weighted by Crippen LogP contribution is 2.24. The van der Waals surface area contributed by atoms with Crippen LogP contribution < -0.4 is 10.6 Å². The highest BCUT2D eigenvalue weighted by Gasteiger charge is 2.25. The Balaban J connectivity index is 0.00000220. The summed E-state index contributed by atoms with van der Waals surface area (Å²) < 4.78 is 5.58. The number of furan rings is 1. The maximum absolute atomic E-state index is 5.58. The Hall–Kier alpha value is -1.20. The molecule has 5 nitrogen and oxygen atoms in total. The van der Waals surface area contributed by atoms with E-state index in [0.29, 0.717) is 6.54 Å². The van der Waals surface area contributed by atoms with Crippen LogP contribution in [0.3, 0.4) is 0 Å². The van der Waals surface area contributed by atoms with Crippen LogP contribution in [0.5, 0.6) is 0 Å². The Labute approximate surface area is 143 Å². The van der Waals surface area contributed by atoms with E-state index in [4.69, 9.17) is 10.8 Å². The summed E-state index contributed by atoms with van der Waals surface area (Å²) in [5.74, 6) is 4.26. The van der Waals surface area contributed by atoms with E-state index in [9.17, 15) is 0 Å². The number of guanidine groups is 1. The third kappa shape index (κ3) is 5.25. The van der Waals surface area contributed by atoms with E-state index in [1.807, 2.05) is 12.1 Å². The molecule has 1 unspecified atom stereocenters. The number of aliphatic imine (C=N–C) groups is 1. The summed E-state index contributed by atoms with van der Waals surface area (Å²) in [5, 5.41) is 6.38. The fraction of sp³-hybridized carbons (Fsp3) is 0.533. The van der Waals surface area contributed by atoms with Gasteiger partial charge in [-0.1, -0.05) is 5.92 Å². The molecule has 0 aliphatic carbocycles. The Morgan fingerprint density at radius 1 is 1.48 bits per heavy atom. The Kier molecular flexibility index (Phi) is 8.23. The first-order valence-electron chi connectivity index (χ1n) is 7.00. The van der Waals surface area contributed by atoms with Crippen molar-refractivity contribution in [3.8, 4) is 12.3 Å². The van der Waals surface area contributed by atoms with Crippen molar-refractivity contribution in [1.82, 2.24) is 15.5 Å². The number of hydrogen-bond donors (Lipinski definition) is 2. The van der Waals surface area contributed by atoms with Crippen LogP contribution in [-0.4, -0.2) is 44.1 Å². The molecule has 1 aromatic rings. The van der Waals surface area contributed by atoms with Gasteiger partial charge in [-0.25, -0.2) is 0 Å². The molecule has 0 bridgehead atoms. The van der Waals surface area contributed by atoms with Crippen molar-refractivity contribution in [2.45, 2.75) is 18.9 Å². The molecule has 0 saturated carbocycles. The molecular formula is C15H23IN4O. The molecule has 1 aliphatic heterocycles. The van der Waals surface area contributed by atoms with Crippen molar-refractivity contribution in [3.05, 3.63) is 24.2 Å². The molecule has 116 valence electrons. The normalized spacial score (nSPS) is 16.9. The lowest BCUT2D eigenvalue weighted by Crippen LogP contribution is -2.42. The quantitative estimate of drug-likeness (QED) is 0.342. The average Bonchev–Trinajstić information content (AvgIpc) is 3.16. The lowest BCUT2D eigenvalue weighted by atomic mass is 10.2. The molecule has 0 spiro atoms. The maximum atomic E-state index is 5.58. The zero-order valence-corrected chi connectivity index (χ0v) is 14.7. The van der Waals surface area contributed by atoms with E-state index in [-0.39, 0.29) is 30.0 Å². The van der Waals surface area contributed by atoms with Crippen molar-refractivity contribution < 1.29 is 4.42 Å². The summed E-state index contributed by atoms with van der Waals surface area (Å²) >= 11 is 0. The van der Waals surface area contributed by atoms with Crippen LogP contribution in [-0.2, 0) is 0 Å². The Morgan fingerprint density at radius 3 is 2.81 bits per heavy atom. The summed E-state index contributed by atoms with van der Waals surface area (Å²) in [6.45, 7) is 3.44. The second kappa shape index (κ2) is 9.68. The second-order valence-electron chi connectivity index (χ2n) is 4.79. The van der Waals surface area contributed by atoms with Crippen molar-refractivity contribution in [2.24, 2.45) is 4.99 Å². The first-order valence-corrected chi connectivity index (χ1v) is 7.00. The number of halogens is 1. The standard InChI is InChI=1S/C15H22N4O.HI/c1-3-8-17-15(16-2)18-12-13(14-7-6-11-20-14)19-9-4-5-10-19;/h1,6-7,11,13H,4-5,8-10,12H2,2H3,(H2,16,17,18);1H. The summed E-state index contributed by atoms with van der Waals surface area (Å²) in [6, 6.07) is 4.20. The van der Waals surface area contributed by atoms with Gasteiger partial charge in [0.25, 0.3) is 0 Å². The van der Waals surface area contributed by atoms with Crippen molar-refractivity contribution in [3.63, 3.8) is 0 Å². The maximum Gasteiger partial charge on any atom is 0.191 e. The van der Waals surface area contributed by atoms with Gasteiger partial charge in [0.05, 0.1) is 18.8 Å². The molecule has 0 radical (unpaired) electrons. The minimum Gasteiger partial charge on any atom is -0.468 e. The largest absolute Gasteiger partial charge is 0.468 e. The molecule has 1 fully saturated rings. The molecule has 6 heteroatoms. The van der Waals surface area contributed by atoms with Gasteiger partial charge in [-0.15, -0.1) is 30.4 Å². The van der Waals surface area contributed by atoms with E-state index in [1.165, 1.54) is 12.8 Å². The van der Waals surface area contributed by atoms with Gasteiger partial charge < -0.3 is 15.1 Å². The molecule has 2 heterocycles. The average molecular weight is 402 g/mol. The SMILES string of the molecule is C#CCNC(=NC)NCC(c1ccco1)N1CCCC1.I. The number of nitrogens with zero attached hydrogens (tertiary/aromatic N) is 2. The van der Waals surface area contributed by atoms with Crippen LogP contribution in [0.1, 0.15) is 24.6 Å². The first-order chi connectivity index (χ1) is 9.85. The first kappa shape index (κ1) is 17.9. The minimum absolute atomic E-state index is 0. The van der Waals surface area contributed by atoms with Crippen LogP contribution >= 0.6 is 24.0 Å². The lowest BCUT2D eigenvalue weighted by Gasteiger charge is -2.26. The zero-order chi connectivity index (χ0) is 14.2. The number of rotatable bonds is 5. The van der Waals surface area contributed by atoms with Gasteiger partial charge in [0, 0.05) is 13.6 Å². The highest BCUT2D eigenvalue weighted by molar-refractivity contribution is 14.0. The summed E-state index contributed by atoms with van der Waals surface area (Å²) in [6.07, 6.45) is 9.47. The second-order valence-corrected chi connectivity index (χ2v) is 4.79. The Bertz CT molecular complexity index is 461. The van der Waals surface area contributed by atoms with Gasteiger partial charge in [-0.2, -0.15) is 0 Å². The van der Waals surface area contributed by atoms with Crippen LogP contribution in [0.25, 0.3) is 0 Å². The number of likely N-dealkylation sites (tertiary alicyclic amines) is 1. The van der Waals surface area contributed by atoms with Crippen LogP contribution in [0.4, 0.5) is 0 Å². The molecule has 0 aromatic carbocycles. The third-order valence-corrected chi connectivity index (χ3v) is 3.50. The smallest absolute Gasteiger partial charge is 0.191 e. The van der Waals surface area contributed by atoms with Crippen molar-refractivity contribution in [1.29, 1.82) is 0 Å². The molecular weight excluding hydrogens is 379 g/mol. The van der Waals surface area contributed by atoms with Gasteiger partial charge in [0.1, 0.15) is 5.76 Å². The zero-order valence-electron chi connectivity index (χ0n) is 12.3. The predicted molar refractivity (Wildman–Crippen MR) is 95.9 cm³/mol. The van der Waals surface area contributed by atoms with E-state index >= 15 is 0 Å². The summed E-state index contributed by atoms with van der Waals surface area (Å²) in [5.41, 5.74) is 0. The van der Waals surface area contributed by atoms with Gasteiger partial charge in [0.15, 0.2) is 5.96 Å². The molecule has 2 N–H and O–H groups in total. The molecule has 0 amide bonds. The minimum atomic E-state index is 0. The number of terminal acetylenes is 1. The van der Waals surface area contributed by atoms with Crippen molar-refractivity contribution >= 4 is 29.9 Å². The number of hydrogen-bond acceptors (Lipinski definition) is 3. The molecule has 21 heavy (non-hydrogen) atoms. The number of nitrogens with one attached hydrogen (secondary N) is 2. The van der Waals surface area contributed by atoms with E-state index in [2.05, 4.69) is 26.4 Å². The molecule has 1 aromatic heterocycles. The van der Waals surface area contributed by atoms with Gasteiger partial charge in [0.2, 0.25) is 0 Å². The van der Waals surface area contributed by atoms with E-state index < -0.39 is 0 Å². The molecule has 1 atom stereocenters. The van der Waals surface area contributed by atoms with Gasteiger partial charge >= 0.3 is 0 Å². The predicted octanol–water partition coefficient (Wildman–Crippen LogP) is 1.83. The van der Waals surface area contributed by atoms with Crippen LogP contribution in [0.15, 0.2) is 27.8 Å². The fourth-order valence-electron chi connectivity index (χ4n) is 2.49. The lowest BCUT2D eigenvalue weighted by molar-refractivity contribution is 0.215. The van der Waals surface area contributed by atoms with Crippen molar-refractivity contribution in [2.75, 3.05) is 33.2 Å². The molecule has 1 aliphatic rings. The summed E-state index contributed by atoms with van der Waals surface area (Å²) in [4.78, 5) is 6.60. The fourth-order valence-corrected chi connectivity index (χ4v) is 2.49. The molecule has 2 rings (SSSR count). The summed E-state index contributed by atoms with van der Waals surface area (Å²) in [7, 11) is 1.74. The van der Waals surface area contributed by atoms with Crippen LogP contribution in [0, 0.1) is 12.3 Å². The molecule has 1 saturated heterocycles. The van der Waals surface area contributed by atoms with E-state index in [1.54, 1.807) is 13.3 Å².